The maximum absolute atomic E-state index is 5.26. The Morgan fingerprint density at radius 3 is 2.00 bits per heavy atom. The van der Waals surface area contributed by atoms with E-state index in [2.05, 4.69) is 178 Å². The maximum atomic E-state index is 5.26. The molecule has 2 aliphatic rings. The number of aryl methyl sites for hydroxylation is 1. The van der Waals surface area contributed by atoms with Crippen LogP contribution in [0.25, 0.3) is 49.9 Å². The zero-order chi connectivity index (χ0) is 34.6. The van der Waals surface area contributed by atoms with Crippen molar-refractivity contribution in [2.75, 3.05) is 0 Å². The summed E-state index contributed by atoms with van der Waals surface area (Å²) < 4.78 is 0. The molecular weight excluding hydrogens is 617 g/mol. The van der Waals surface area contributed by atoms with Crippen LogP contribution in [0.5, 0.6) is 0 Å². The van der Waals surface area contributed by atoms with E-state index < -0.39 is 0 Å². The third kappa shape index (κ3) is 6.74. The highest BCUT2D eigenvalue weighted by atomic mass is 14.9. The lowest BCUT2D eigenvalue weighted by Crippen LogP contribution is -2.09. The van der Waals surface area contributed by atoms with Crippen molar-refractivity contribution in [2.45, 2.75) is 33.1 Å². The lowest BCUT2D eigenvalue weighted by Gasteiger charge is -2.15. The fraction of sp³-hybridized carbons (Fsp3) is 0.102. The topological polar surface area (TPSA) is 24.7 Å². The van der Waals surface area contributed by atoms with Crippen LogP contribution in [0.3, 0.4) is 0 Å². The zero-order valence-corrected chi connectivity index (χ0v) is 29.2. The average molecular weight is 657 g/mol. The van der Waals surface area contributed by atoms with Gasteiger partial charge >= 0.3 is 0 Å². The van der Waals surface area contributed by atoms with Crippen molar-refractivity contribution >= 4 is 39.2 Å². The molecule has 6 aromatic rings. The smallest absolute Gasteiger partial charge is 0.159 e. The Morgan fingerprint density at radius 2 is 1.25 bits per heavy atom. The van der Waals surface area contributed by atoms with E-state index in [1.807, 2.05) is 6.07 Å². The summed E-state index contributed by atoms with van der Waals surface area (Å²) in [6, 6.07) is 43.8. The molecule has 0 saturated carbocycles. The van der Waals surface area contributed by atoms with Crippen molar-refractivity contribution in [1.82, 2.24) is 0 Å². The molecule has 0 spiro atoms. The second-order valence-electron chi connectivity index (χ2n) is 13.2. The van der Waals surface area contributed by atoms with Gasteiger partial charge in [-0.25, -0.2) is 9.98 Å². The van der Waals surface area contributed by atoms with Crippen LogP contribution < -0.4 is 0 Å². The predicted molar refractivity (Wildman–Crippen MR) is 220 cm³/mol. The lowest BCUT2D eigenvalue weighted by atomic mass is 9.89. The van der Waals surface area contributed by atoms with Gasteiger partial charge in [-0.2, -0.15) is 0 Å². The first-order valence-corrected chi connectivity index (χ1v) is 17.9. The minimum absolute atomic E-state index is 0.743. The second kappa shape index (κ2) is 14.4. The molecule has 2 heteroatoms. The monoisotopic (exact) mass is 656 g/mol. The van der Waals surface area contributed by atoms with Crippen LogP contribution in [0.4, 0.5) is 0 Å². The quantitative estimate of drug-likeness (QED) is 0.159. The number of amidine groups is 1. The lowest BCUT2D eigenvalue weighted by molar-refractivity contribution is 1.06. The van der Waals surface area contributed by atoms with E-state index in [1.165, 1.54) is 60.5 Å². The highest BCUT2D eigenvalue weighted by molar-refractivity contribution is 6.14. The number of aliphatic imine (C=N–C) groups is 2. The molecule has 0 saturated heterocycles. The van der Waals surface area contributed by atoms with Crippen LogP contribution in [0, 0.1) is 6.92 Å². The summed E-state index contributed by atoms with van der Waals surface area (Å²) >= 11 is 0. The fourth-order valence-corrected chi connectivity index (χ4v) is 7.29. The first-order valence-electron chi connectivity index (χ1n) is 17.9. The van der Waals surface area contributed by atoms with Crippen LogP contribution in [-0.2, 0) is 0 Å². The van der Waals surface area contributed by atoms with E-state index in [1.54, 1.807) is 0 Å². The predicted octanol–water partition coefficient (Wildman–Crippen LogP) is 13.0. The molecule has 1 heterocycles. The van der Waals surface area contributed by atoms with E-state index >= 15 is 0 Å². The molecule has 0 aromatic heterocycles. The van der Waals surface area contributed by atoms with Crippen LogP contribution >= 0.6 is 0 Å². The molecule has 1 aliphatic carbocycles. The summed E-state index contributed by atoms with van der Waals surface area (Å²) in [6.45, 7) is 4.34. The van der Waals surface area contributed by atoms with Gasteiger partial charge < -0.3 is 0 Å². The number of benzene rings is 6. The Balaban J connectivity index is 1.16. The standard InChI is InChI=1S/C49H40N2/c1-3-15-43-34(2)44-25-10-11-26-45(44)46-29-28-40(33-47(43)46)38-21-12-20-37(31-38)39-22-13-23-41(32-39)48-27-14-24-42(30-35-16-6-4-7-17-35)50-49(51-48)36-18-8-5-9-19-36/h3-13,15-16,18-26,28-33H,14,17,27H2,1-2H3/b15-3-,35-30+,42-24-,50-49?,51-48?. The van der Waals surface area contributed by atoms with Gasteiger partial charge in [0.05, 0.1) is 11.4 Å². The first-order chi connectivity index (χ1) is 25.1. The van der Waals surface area contributed by atoms with Crippen molar-refractivity contribution in [2.24, 2.45) is 9.98 Å². The van der Waals surface area contributed by atoms with Crippen LogP contribution in [-0.4, -0.2) is 11.5 Å². The molecule has 0 radical (unpaired) electrons. The highest BCUT2D eigenvalue weighted by Gasteiger charge is 2.14. The summed E-state index contributed by atoms with van der Waals surface area (Å²) in [5, 5.41) is 5.19. The third-order valence-corrected chi connectivity index (χ3v) is 9.88. The van der Waals surface area contributed by atoms with Gasteiger partial charge in [-0.15, -0.1) is 0 Å². The van der Waals surface area contributed by atoms with E-state index in [9.17, 15) is 0 Å². The number of rotatable bonds is 6. The van der Waals surface area contributed by atoms with Crippen LogP contribution in [0.15, 0.2) is 185 Å². The molecule has 6 aromatic carbocycles. The third-order valence-electron chi connectivity index (χ3n) is 9.88. The van der Waals surface area contributed by atoms with Crippen molar-refractivity contribution < 1.29 is 0 Å². The Bertz CT molecular complexity index is 2500. The number of nitrogens with zero attached hydrogens (tertiary/aromatic N) is 2. The molecular formula is C49H40N2. The van der Waals surface area contributed by atoms with Crippen LogP contribution in [0.2, 0.25) is 0 Å². The molecule has 8 rings (SSSR count). The largest absolute Gasteiger partial charge is 0.232 e. The molecule has 0 atom stereocenters. The number of hydrogen-bond donors (Lipinski definition) is 0. The van der Waals surface area contributed by atoms with E-state index in [0.29, 0.717) is 0 Å². The highest BCUT2D eigenvalue weighted by Crippen LogP contribution is 2.37. The van der Waals surface area contributed by atoms with Gasteiger partial charge in [0.15, 0.2) is 5.84 Å². The van der Waals surface area contributed by atoms with Gasteiger partial charge in [0.25, 0.3) is 0 Å². The molecule has 2 nitrogen and oxygen atoms in total. The Hall–Kier alpha value is -6.12. The minimum atomic E-state index is 0.743. The normalized spacial score (nSPS) is 16.6. The zero-order valence-electron chi connectivity index (χ0n) is 29.2. The maximum Gasteiger partial charge on any atom is 0.159 e. The summed E-state index contributed by atoms with van der Waals surface area (Å²) in [7, 11) is 0. The second-order valence-corrected chi connectivity index (χ2v) is 13.2. The van der Waals surface area contributed by atoms with Gasteiger partial charge in [-0.05, 0) is 123 Å². The summed E-state index contributed by atoms with van der Waals surface area (Å²) in [6.07, 6.45) is 20.0. The number of fused-ring (bicyclic) bond motifs is 3. The van der Waals surface area contributed by atoms with Crippen molar-refractivity contribution in [3.63, 3.8) is 0 Å². The van der Waals surface area contributed by atoms with Crippen LogP contribution in [0.1, 0.15) is 48.4 Å². The molecule has 0 fully saturated rings. The molecule has 51 heavy (non-hydrogen) atoms. The number of allylic oxidation sites excluding steroid dienone is 8. The molecule has 246 valence electrons. The molecule has 1 aliphatic heterocycles. The van der Waals surface area contributed by atoms with E-state index in [4.69, 9.17) is 9.98 Å². The van der Waals surface area contributed by atoms with E-state index in [-0.39, 0.29) is 0 Å². The van der Waals surface area contributed by atoms with Crippen molar-refractivity contribution in [3.8, 4) is 22.3 Å². The molecule has 0 bridgehead atoms. The molecule has 0 N–H and O–H groups in total. The van der Waals surface area contributed by atoms with Gasteiger partial charge in [-0.1, -0.05) is 146 Å². The summed E-state index contributed by atoms with van der Waals surface area (Å²) in [4.78, 5) is 10.4. The molecule has 0 unspecified atom stereocenters. The minimum Gasteiger partial charge on any atom is -0.232 e. The van der Waals surface area contributed by atoms with E-state index in [0.717, 1.165) is 47.6 Å². The van der Waals surface area contributed by atoms with Crippen molar-refractivity contribution in [1.29, 1.82) is 0 Å². The van der Waals surface area contributed by atoms with Gasteiger partial charge in [0.2, 0.25) is 0 Å². The fourth-order valence-electron chi connectivity index (χ4n) is 7.29. The van der Waals surface area contributed by atoms with Gasteiger partial charge in [0.1, 0.15) is 0 Å². The van der Waals surface area contributed by atoms with Crippen molar-refractivity contribution in [3.05, 3.63) is 197 Å². The summed E-state index contributed by atoms with van der Waals surface area (Å²) in [5.74, 6) is 0.743. The Kier molecular flexibility index (Phi) is 9.06. The number of hydrogen-bond acceptors (Lipinski definition) is 2. The molecule has 0 amide bonds. The SMILES string of the molecule is C/C=C\c1c(C)c2ccccc2c2ccc(-c3cccc(-c4cccc(C5=NC(c6ccccc6)=NC(/C=C6\C=CC=CC6)=C\CC5)c4)c3)cc12. The van der Waals surface area contributed by atoms with Gasteiger partial charge in [-0.3, -0.25) is 0 Å². The average Bonchev–Trinajstić information content (AvgIpc) is 3.18. The summed E-state index contributed by atoms with van der Waals surface area (Å²) in [5.41, 5.74) is 12.8. The van der Waals surface area contributed by atoms with Gasteiger partial charge in [0, 0.05) is 5.56 Å². The first kappa shape index (κ1) is 32.1. The Labute approximate surface area is 301 Å². The Morgan fingerprint density at radius 1 is 0.588 bits per heavy atom.